The van der Waals surface area contributed by atoms with Crippen LogP contribution in [0.5, 0.6) is 0 Å². The van der Waals surface area contributed by atoms with E-state index in [0.29, 0.717) is 11.5 Å². The molecule has 20 heavy (non-hydrogen) atoms. The number of hydrogen-bond acceptors (Lipinski definition) is 4. The lowest BCUT2D eigenvalue weighted by molar-refractivity contribution is 0.627. The highest BCUT2D eigenvalue weighted by atomic mass is 19.1. The summed E-state index contributed by atoms with van der Waals surface area (Å²) in [4.78, 5) is 10.3. The van der Waals surface area contributed by atoms with Crippen LogP contribution in [0.1, 0.15) is 25.3 Å². The molecule has 1 aromatic carbocycles. The number of nitrogens with zero attached hydrogens (tertiary/aromatic N) is 3. The zero-order chi connectivity index (χ0) is 14.7. The number of para-hydroxylation sites is 1. The summed E-state index contributed by atoms with van der Waals surface area (Å²) in [5.74, 6) is 1.44. The number of aromatic nitrogens is 2. The maximum Gasteiger partial charge on any atom is 0.146 e. The van der Waals surface area contributed by atoms with Crippen molar-refractivity contribution in [3.05, 3.63) is 42.0 Å². The van der Waals surface area contributed by atoms with Gasteiger partial charge in [0.25, 0.3) is 0 Å². The fourth-order valence-corrected chi connectivity index (χ4v) is 2.22. The van der Waals surface area contributed by atoms with Crippen molar-refractivity contribution in [2.45, 2.75) is 19.8 Å². The van der Waals surface area contributed by atoms with Crippen molar-refractivity contribution >= 4 is 17.3 Å². The van der Waals surface area contributed by atoms with Gasteiger partial charge in [0, 0.05) is 19.7 Å². The van der Waals surface area contributed by atoms with Crippen molar-refractivity contribution in [3.63, 3.8) is 0 Å². The third-order valence-electron chi connectivity index (χ3n) is 3.21. The Morgan fingerprint density at radius 2 is 1.90 bits per heavy atom. The van der Waals surface area contributed by atoms with E-state index >= 15 is 0 Å². The summed E-state index contributed by atoms with van der Waals surface area (Å²) in [6, 6.07) is 6.67. The van der Waals surface area contributed by atoms with Gasteiger partial charge >= 0.3 is 0 Å². The molecule has 0 fully saturated rings. The van der Waals surface area contributed by atoms with Crippen molar-refractivity contribution < 1.29 is 4.39 Å². The minimum absolute atomic E-state index is 0.225. The van der Waals surface area contributed by atoms with Crippen LogP contribution >= 0.6 is 0 Å². The van der Waals surface area contributed by atoms with Crippen LogP contribution in [0.15, 0.2) is 30.6 Å². The van der Waals surface area contributed by atoms with Gasteiger partial charge in [0.05, 0.1) is 5.69 Å². The molecule has 2 rings (SSSR count). The van der Waals surface area contributed by atoms with E-state index in [1.807, 2.05) is 20.2 Å². The zero-order valence-corrected chi connectivity index (χ0v) is 12.2. The predicted molar refractivity (Wildman–Crippen MR) is 80.1 cm³/mol. The average molecular weight is 274 g/mol. The van der Waals surface area contributed by atoms with E-state index < -0.39 is 0 Å². The Hall–Kier alpha value is -2.17. The van der Waals surface area contributed by atoms with E-state index in [4.69, 9.17) is 0 Å². The molecule has 106 valence electrons. The first kappa shape index (κ1) is 14.2. The highest BCUT2D eigenvalue weighted by Gasteiger charge is 2.19. The second-order valence-corrected chi connectivity index (χ2v) is 4.87. The van der Waals surface area contributed by atoms with Gasteiger partial charge in [0.15, 0.2) is 0 Å². The molecule has 0 saturated heterocycles. The van der Waals surface area contributed by atoms with E-state index in [1.54, 1.807) is 17.0 Å². The molecule has 0 spiro atoms. The van der Waals surface area contributed by atoms with Crippen LogP contribution in [-0.4, -0.2) is 24.1 Å². The minimum Gasteiger partial charge on any atom is -0.373 e. The molecule has 0 amide bonds. The van der Waals surface area contributed by atoms with Gasteiger partial charge in [-0.3, -0.25) is 0 Å². The summed E-state index contributed by atoms with van der Waals surface area (Å²) < 4.78 is 13.9. The molecule has 0 bridgehead atoms. The normalized spacial score (nSPS) is 10.7. The predicted octanol–water partition coefficient (Wildman–Crippen LogP) is 3.55. The van der Waals surface area contributed by atoms with Gasteiger partial charge in [0.1, 0.15) is 23.8 Å². The van der Waals surface area contributed by atoms with Gasteiger partial charge in [-0.15, -0.1) is 0 Å². The van der Waals surface area contributed by atoms with Crippen molar-refractivity contribution in [2.75, 3.05) is 24.3 Å². The van der Waals surface area contributed by atoms with Crippen molar-refractivity contribution in [3.8, 4) is 0 Å². The van der Waals surface area contributed by atoms with Gasteiger partial charge in [-0.1, -0.05) is 26.0 Å². The SMILES string of the molecule is CNc1ncnc(N(C)c2ccccc2F)c1C(C)C. The lowest BCUT2D eigenvalue weighted by atomic mass is 10.0. The summed E-state index contributed by atoms with van der Waals surface area (Å²) >= 11 is 0. The van der Waals surface area contributed by atoms with Gasteiger partial charge in [-0.25, -0.2) is 14.4 Å². The molecule has 0 aliphatic rings. The van der Waals surface area contributed by atoms with Crippen molar-refractivity contribution in [1.29, 1.82) is 0 Å². The Balaban J connectivity index is 2.55. The molecule has 0 unspecified atom stereocenters. The molecule has 4 nitrogen and oxygen atoms in total. The maximum absolute atomic E-state index is 13.9. The number of rotatable bonds is 4. The van der Waals surface area contributed by atoms with E-state index in [1.165, 1.54) is 12.4 Å². The van der Waals surface area contributed by atoms with Gasteiger partial charge in [-0.05, 0) is 18.1 Å². The largest absolute Gasteiger partial charge is 0.373 e. The first-order chi connectivity index (χ1) is 9.56. The molecule has 0 aliphatic heterocycles. The molecule has 0 aliphatic carbocycles. The van der Waals surface area contributed by atoms with E-state index in [9.17, 15) is 4.39 Å². The Bertz CT molecular complexity index is 598. The quantitative estimate of drug-likeness (QED) is 0.925. The van der Waals surface area contributed by atoms with Gasteiger partial charge < -0.3 is 10.2 Å². The molecule has 1 heterocycles. The highest BCUT2D eigenvalue weighted by Crippen LogP contribution is 2.34. The molecule has 0 atom stereocenters. The molecule has 5 heteroatoms. The van der Waals surface area contributed by atoms with E-state index in [2.05, 4.69) is 29.1 Å². The summed E-state index contributed by atoms with van der Waals surface area (Å²) in [5.41, 5.74) is 1.47. The first-order valence-corrected chi connectivity index (χ1v) is 6.57. The highest BCUT2D eigenvalue weighted by molar-refractivity contribution is 5.68. The molecule has 0 saturated carbocycles. The number of halogens is 1. The standard InChI is InChI=1S/C15H19FN4/c1-10(2)13-14(17-3)18-9-19-15(13)20(4)12-8-6-5-7-11(12)16/h5-10H,1-4H3,(H,17,18,19). The van der Waals surface area contributed by atoms with Crippen LogP contribution in [-0.2, 0) is 0 Å². The molecule has 1 N–H and O–H groups in total. The zero-order valence-electron chi connectivity index (χ0n) is 12.2. The Kier molecular flexibility index (Phi) is 4.17. The lowest BCUT2D eigenvalue weighted by Crippen LogP contribution is -2.17. The fourth-order valence-electron chi connectivity index (χ4n) is 2.22. The van der Waals surface area contributed by atoms with Crippen molar-refractivity contribution in [1.82, 2.24) is 9.97 Å². The monoisotopic (exact) mass is 274 g/mol. The third-order valence-corrected chi connectivity index (χ3v) is 3.21. The fraction of sp³-hybridized carbons (Fsp3) is 0.333. The van der Waals surface area contributed by atoms with Crippen LogP contribution in [0.2, 0.25) is 0 Å². The summed E-state index contributed by atoms with van der Waals surface area (Å²) in [6.45, 7) is 4.14. The smallest absolute Gasteiger partial charge is 0.146 e. The summed E-state index contributed by atoms with van der Waals surface area (Å²) in [7, 11) is 3.63. The van der Waals surface area contributed by atoms with E-state index in [0.717, 1.165) is 11.4 Å². The lowest BCUT2D eigenvalue weighted by Gasteiger charge is -2.24. The summed E-state index contributed by atoms with van der Waals surface area (Å²) in [6.07, 6.45) is 1.49. The molecular weight excluding hydrogens is 255 g/mol. The first-order valence-electron chi connectivity index (χ1n) is 6.57. The van der Waals surface area contributed by atoms with E-state index in [-0.39, 0.29) is 11.7 Å². The molecule has 1 aromatic heterocycles. The second kappa shape index (κ2) is 5.86. The van der Waals surface area contributed by atoms with Gasteiger partial charge in [0.2, 0.25) is 0 Å². The number of hydrogen-bond donors (Lipinski definition) is 1. The van der Waals surface area contributed by atoms with Crippen LogP contribution < -0.4 is 10.2 Å². The number of nitrogens with one attached hydrogen (secondary N) is 1. The maximum atomic E-state index is 13.9. The van der Waals surface area contributed by atoms with Crippen LogP contribution in [0, 0.1) is 5.82 Å². The number of benzene rings is 1. The average Bonchev–Trinajstić information content (AvgIpc) is 2.46. The Morgan fingerprint density at radius 1 is 1.20 bits per heavy atom. The Labute approximate surface area is 118 Å². The summed E-state index contributed by atoms with van der Waals surface area (Å²) in [5, 5.41) is 3.07. The molecular formula is C15H19FN4. The van der Waals surface area contributed by atoms with Crippen LogP contribution in [0.25, 0.3) is 0 Å². The van der Waals surface area contributed by atoms with Crippen LogP contribution in [0.3, 0.4) is 0 Å². The molecule has 0 radical (unpaired) electrons. The minimum atomic E-state index is -0.269. The molecule has 2 aromatic rings. The Morgan fingerprint density at radius 3 is 2.50 bits per heavy atom. The van der Waals surface area contributed by atoms with Gasteiger partial charge in [-0.2, -0.15) is 0 Å². The number of anilines is 3. The topological polar surface area (TPSA) is 41.1 Å². The van der Waals surface area contributed by atoms with Crippen molar-refractivity contribution in [2.24, 2.45) is 0 Å². The third kappa shape index (κ3) is 2.57. The van der Waals surface area contributed by atoms with Crippen LogP contribution in [0.4, 0.5) is 21.7 Å². The second-order valence-electron chi connectivity index (χ2n) is 4.87.